The first kappa shape index (κ1) is 18.8. The summed E-state index contributed by atoms with van der Waals surface area (Å²) in [7, 11) is 1.65. The Morgan fingerprint density at radius 1 is 1.20 bits per heavy atom. The number of phenols is 1. The normalized spacial score (nSPS) is 12.0. The third-order valence-corrected chi connectivity index (χ3v) is 4.56. The Balaban J connectivity index is 2.43. The lowest BCUT2D eigenvalue weighted by Crippen LogP contribution is -2.18. The lowest BCUT2D eigenvalue weighted by molar-refractivity contribution is -0.118. The predicted molar refractivity (Wildman–Crippen MR) is 100 cm³/mol. The lowest BCUT2D eigenvalue weighted by atomic mass is 9.84. The minimum absolute atomic E-state index is 0.0227. The highest BCUT2D eigenvalue weighted by Gasteiger charge is 2.20. The minimum atomic E-state index is -0.318. The van der Waals surface area contributed by atoms with E-state index in [4.69, 9.17) is 10.5 Å². The van der Waals surface area contributed by atoms with Crippen molar-refractivity contribution in [1.29, 1.82) is 0 Å². The second-order valence-corrected chi connectivity index (χ2v) is 6.50. The van der Waals surface area contributed by atoms with Crippen molar-refractivity contribution in [3.05, 3.63) is 58.7 Å². The van der Waals surface area contributed by atoms with Gasteiger partial charge in [0.2, 0.25) is 5.91 Å². The first-order valence-electron chi connectivity index (χ1n) is 8.68. The number of aromatic hydroxyl groups is 1. The molecule has 0 aliphatic heterocycles. The van der Waals surface area contributed by atoms with E-state index in [1.54, 1.807) is 19.2 Å². The summed E-state index contributed by atoms with van der Waals surface area (Å²) in [6.07, 6.45) is 2.86. The Kier molecular flexibility index (Phi) is 6.45. The van der Waals surface area contributed by atoms with Gasteiger partial charge in [-0.2, -0.15) is 0 Å². The number of aryl methyl sites for hydroxylation is 2. The van der Waals surface area contributed by atoms with E-state index < -0.39 is 0 Å². The molecule has 2 rings (SSSR count). The molecule has 134 valence electrons. The first-order chi connectivity index (χ1) is 11.9. The molecule has 0 fully saturated rings. The highest BCUT2D eigenvalue weighted by atomic mass is 16.5. The van der Waals surface area contributed by atoms with Crippen molar-refractivity contribution < 1.29 is 14.6 Å². The van der Waals surface area contributed by atoms with Gasteiger partial charge in [0.1, 0.15) is 11.5 Å². The molecule has 2 aromatic carbocycles. The highest BCUT2D eigenvalue weighted by Crippen LogP contribution is 2.32. The van der Waals surface area contributed by atoms with Crippen LogP contribution < -0.4 is 10.5 Å². The fourth-order valence-corrected chi connectivity index (χ4v) is 3.27. The molecule has 0 aliphatic carbocycles. The van der Waals surface area contributed by atoms with Crippen LogP contribution in [0.3, 0.4) is 0 Å². The van der Waals surface area contributed by atoms with E-state index in [-0.39, 0.29) is 24.0 Å². The molecule has 4 nitrogen and oxygen atoms in total. The van der Waals surface area contributed by atoms with Crippen molar-refractivity contribution >= 4 is 5.91 Å². The highest BCUT2D eigenvalue weighted by molar-refractivity contribution is 5.75. The molecule has 0 saturated carbocycles. The van der Waals surface area contributed by atoms with Crippen molar-refractivity contribution in [3.8, 4) is 11.5 Å². The number of rotatable bonds is 8. The molecule has 0 spiro atoms. The molecular weight excluding hydrogens is 314 g/mol. The van der Waals surface area contributed by atoms with Crippen LogP contribution in [0, 0.1) is 6.92 Å². The summed E-state index contributed by atoms with van der Waals surface area (Å²) in [4.78, 5) is 11.7. The molecule has 0 aromatic heterocycles. The van der Waals surface area contributed by atoms with Crippen molar-refractivity contribution in [3.63, 3.8) is 0 Å². The van der Waals surface area contributed by atoms with E-state index in [2.05, 4.69) is 6.92 Å². The van der Waals surface area contributed by atoms with Gasteiger partial charge in [0.15, 0.2) is 0 Å². The van der Waals surface area contributed by atoms with Crippen LogP contribution in [0.25, 0.3) is 0 Å². The van der Waals surface area contributed by atoms with Crippen LogP contribution in [-0.2, 0) is 17.6 Å². The summed E-state index contributed by atoms with van der Waals surface area (Å²) in [6, 6.07) is 11.4. The number of hydrogen-bond donors (Lipinski definition) is 2. The molecule has 1 atom stereocenters. The number of methoxy groups -OCH3 is 1. The molecule has 0 heterocycles. The number of amides is 1. The number of benzene rings is 2. The topological polar surface area (TPSA) is 72.5 Å². The molecular formula is C21H27NO3. The van der Waals surface area contributed by atoms with Gasteiger partial charge >= 0.3 is 0 Å². The van der Waals surface area contributed by atoms with Crippen LogP contribution >= 0.6 is 0 Å². The van der Waals surface area contributed by atoms with Crippen molar-refractivity contribution in [2.24, 2.45) is 5.73 Å². The summed E-state index contributed by atoms with van der Waals surface area (Å²) in [5.41, 5.74) is 9.96. The summed E-state index contributed by atoms with van der Waals surface area (Å²) in [5.74, 6) is 0.715. The average molecular weight is 341 g/mol. The molecule has 25 heavy (non-hydrogen) atoms. The van der Waals surface area contributed by atoms with E-state index >= 15 is 0 Å². The quantitative estimate of drug-likeness (QED) is 0.766. The van der Waals surface area contributed by atoms with Gasteiger partial charge in [0, 0.05) is 6.42 Å². The Bertz CT molecular complexity index is 740. The predicted octanol–water partition coefficient (Wildman–Crippen LogP) is 3.86. The smallest absolute Gasteiger partial charge is 0.218 e. The van der Waals surface area contributed by atoms with E-state index in [0.29, 0.717) is 6.42 Å². The molecule has 1 amide bonds. The third kappa shape index (κ3) is 4.99. The van der Waals surface area contributed by atoms with Crippen molar-refractivity contribution in [1.82, 2.24) is 0 Å². The van der Waals surface area contributed by atoms with Gasteiger partial charge in [-0.25, -0.2) is 0 Å². The molecule has 0 saturated heterocycles. The van der Waals surface area contributed by atoms with Gasteiger partial charge in [-0.3, -0.25) is 4.79 Å². The van der Waals surface area contributed by atoms with Crippen molar-refractivity contribution in [2.45, 2.75) is 45.4 Å². The molecule has 1 unspecified atom stereocenters. The monoisotopic (exact) mass is 341 g/mol. The zero-order valence-electron chi connectivity index (χ0n) is 15.2. The standard InChI is InChI=1S/C21H27NO3/c1-4-5-15-12-19(25-3)8-9-20(15)17(13-21(22)24)10-16-11-18(23)7-6-14(16)2/h6-9,11-12,17,23H,4-5,10,13H2,1-3H3,(H2,22,24). The zero-order valence-corrected chi connectivity index (χ0v) is 15.2. The van der Waals surface area contributed by atoms with Crippen LogP contribution in [-0.4, -0.2) is 18.1 Å². The molecule has 0 radical (unpaired) electrons. The van der Waals surface area contributed by atoms with Crippen LogP contribution in [0.1, 0.15) is 47.9 Å². The molecule has 0 aliphatic rings. The lowest BCUT2D eigenvalue weighted by Gasteiger charge is -2.21. The van der Waals surface area contributed by atoms with Crippen LogP contribution in [0.4, 0.5) is 0 Å². The van der Waals surface area contributed by atoms with Gasteiger partial charge in [-0.1, -0.05) is 25.5 Å². The fourth-order valence-electron chi connectivity index (χ4n) is 3.27. The van der Waals surface area contributed by atoms with Gasteiger partial charge in [0.05, 0.1) is 7.11 Å². The minimum Gasteiger partial charge on any atom is -0.508 e. The SMILES string of the molecule is CCCc1cc(OC)ccc1C(CC(N)=O)Cc1cc(O)ccc1C. The second-order valence-electron chi connectivity index (χ2n) is 6.50. The van der Waals surface area contributed by atoms with E-state index in [9.17, 15) is 9.90 Å². The molecule has 2 aromatic rings. The Morgan fingerprint density at radius 2 is 1.96 bits per heavy atom. The number of primary amides is 1. The number of carbonyl (C=O) groups excluding carboxylic acids is 1. The summed E-state index contributed by atoms with van der Waals surface area (Å²) >= 11 is 0. The maximum Gasteiger partial charge on any atom is 0.218 e. The fraction of sp³-hybridized carbons (Fsp3) is 0.381. The Hall–Kier alpha value is -2.49. The van der Waals surface area contributed by atoms with Gasteiger partial charge in [-0.15, -0.1) is 0 Å². The zero-order chi connectivity index (χ0) is 18.4. The number of phenolic OH excluding ortho intramolecular Hbond substituents is 1. The number of hydrogen-bond acceptors (Lipinski definition) is 3. The van der Waals surface area contributed by atoms with Crippen LogP contribution in [0.2, 0.25) is 0 Å². The molecule has 4 heteroatoms. The number of ether oxygens (including phenoxy) is 1. The molecule has 3 N–H and O–H groups in total. The van der Waals surface area contributed by atoms with E-state index in [1.165, 1.54) is 5.56 Å². The van der Waals surface area contributed by atoms with Crippen LogP contribution in [0.15, 0.2) is 36.4 Å². The summed E-state index contributed by atoms with van der Waals surface area (Å²) in [6.45, 7) is 4.14. The number of carbonyl (C=O) groups is 1. The first-order valence-corrected chi connectivity index (χ1v) is 8.68. The molecule has 0 bridgehead atoms. The Morgan fingerprint density at radius 3 is 2.60 bits per heavy atom. The average Bonchev–Trinajstić information content (AvgIpc) is 2.57. The second kappa shape index (κ2) is 8.56. The summed E-state index contributed by atoms with van der Waals surface area (Å²) in [5, 5.41) is 9.80. The van der Waals surface area contributed by atoms with Crippen molar-refractivity contribution in [2.75, 3.05) is 7.11 Å². The number of nitrogens with two attached hydrogens (primary N) is 1. The maximum atomic E-state index is 11.7. The van der Waals surface area contributed by atoms with Crippen LogP contribution in [0.5, 0.6) is 11.5 Å². The van der Waals surface area contributed by atoms with E-state index in [0.717, 1.165) is 35.3 Å². The van der Waals surface area contributed by atoms with Gasteiger partial charge in [0.25, 0.3) is 0 Å². The van der Waals surface area contributed by atoms with Gasteiger partial charge in [-0.05, 0) is 72.2 Å². The summed E-state index contributed by atoms with van der Waals surface area (Å²) < 4.78 is 5.35. The largest absolute Gasteiger partial charge is 0.508 e. The third-order valence-electron chi connectivity index (χ3n) is 4.56. The maximum absolute atomic E-state index is 11.7. The Labute approximate surface area is 149 Å². The van der Waals surface area contributed by atoms with Gasteiger partial charge < -0.3 is 15.6 Å². The van der Waals surface area contributed by atoms with E-state index in [1.807, 2.05) is 31.2 Å².